The van der Waals surface area contributed by atoms with Crippen LogP contribution in [0.2, 0.25) is 0 Å². The van der Waals surface area contributed by atoms with Crippen LogP contribution < -0.4 is 5.73 Å². The summed E-state index contributed by atoms with van der Waals surface area (Å²) >= 11 is 2.25. The van der Waals surface area contributed by atoms with E-state index >= 15 is 0 Å². The number of para-hydroxylation sites is 1. The fourth-order valence-electron chi connectivity index (χ4n) is 2.54. The predicted octanol–water partition coefficient (Wildman–Crippen LogP) is 2.79. The van der Waals surface area contributed by atoms with Gasteiger partial charge in [-0.05, 0) is 35.1 Å². The first-order valence-electron chi connectivity index (χ1n) is 6.29. The molecule has 1 aromatic heterocycles. The first-order chi connectivity index (χ1) is 9.13. The first-order valence-corrected chi connectivity index (χ1v) is 7.37. The summed E-state index contributed by atoms with van der Waals surface area (Å²) in [4.78, 5) is 18.8. The van der Waals surface area contributed by atoms with Crippen LogP contribution in [0.1, 0.15) is 29.4 Å². The molecule has 0 aliphatic carbocycles. The molecule has 0 radical (unpaired) electrons. The average Bonchev–Trinajstić information content (AvgIpc) is 2.69. The fraction of sp³-hybridized carbons (Fsp3) is 0.286. The average molecular weight is 367 g/mol. The molecule has 2 aromatic rings. The lowest BCUT2D eigenvalue weighted by atomic mass is 10.1. The summed E-state index contributed by atoms with van der Waals surface area (Å²) < 4.78 is 1.06. The Balaban J connectivity index is 2.23. The van der Waals surface area contributed by atoms with Gasteiger partial charge in [0, 0.05) is 15.5 Å². The van der Waals surface area contributed by atoms with E-state index in [4.69, 9.17) is 5.73 Å². The molecular weight excluding hydrogens is 353 g/mol. The molecule has 3 rings (SSSR count). The van der Waals surface area contributed by atoms with E-state index < -0.39 is 0 Å². The molecular formula is C14H14IN3O. The number of nitrogens with two attached hydrogens (primary N) is 1. The topological polar surface area (TPSA) is 59.2 Å². The van der Waals surface area contributed by atoms with E-state index in [1.807, 2.05) is 23.1 Å². The van der Waals surface area contributed by atoms with Gasteiger partial charge in [-0.15, -0.1) is 0 Å². The number of hydrogen-bond acceptors (Lipinski definition) is 3. The number of amides is 1. The van der Waals surface area contributed by atoms with E-state index in [1.165, 1.54) is 0 Å². The summed E-state index contributed by atoms with van der Waals surface area (Å²) in [7, 11) is 0. The van der Waals surface area contributed by atoms with Crippen molar-refractivity contribution in [3.05, 3.63) is 33.0 Å². The number of anilines is 1. The number of nitrogen functional groups attached to an aromatic ring is 1. The maximum atomic E-state index is 12.3. The normalized spacial score (nSPS) is 14.2. The Bertz CT molecular complexity index is 684. The van der Waals surface area contributed by atoms with Crippen LogP contribution in [0, 0.1) is 3.57 Å². The van der Waals surface area contributed by atoms with Crippen molar-refractivity contribution >= 4 is 45.1 Å². The highest BCUT2D eigenvalue weighted by Gasteiger charge is 2.31. The van der Waals surface area contributed by atoms with Crippen molar-refractivity contribution in [2.45, 2.75) is 19.9 Å². The fourth-order valence-corrected chi connectivity index (χ4v) is 3.16. The number of pyridine rings is 1. The highest BCUT2D eigenvalue weighted by molar-refractivity contribution is 14.1. The van der Waals surface area contributed by atoms with E-state index in [0.717, 1.165) is 33.1 Å². The quantitative estimate of drug-likeness (QED) is 0.831. The van der Waals surface area contributed by atoms with Gasteiger partial charge in [-0.25, -0.2) is 4.98 Å². The Morgan fingerprint density at radius 1 is 1.47 bits per heavy atom. The number of rotatable bonds is 2. The number of nitrogens with zero attached hydrogens (tertiary/aromatic N) is 2. The molecule has 0 saturated carbocycles. The number of carbonyl (C=O) groups excluding carboxylic acids is 1. The van der Waals surface area contributed by atoms with E-state index in [9.17, 15) is 4.79 Å². The highest BCUT2D eigenvalue weighted by Crippen LogP contribution is 2.33. The first kappa shape index (κ1) is 12.7. The van der Waals surface area contributed by atoms with Gasteiger partial charge in [0.1, 0.15) is 0 Å². The van der Waals surface area contributed by atoms with E-state index in [0.29, 0.717) is 17.8 Å². The molecule has 1 aliphatic rings. The van der Waals surface area contributed by atoms with Crippen molar-refractivity contribution in [3.8, 4) is 0 Å². The lowest BCUT2D eigenvalue weighted by Gasteiger charge is -2.13. The Kier molecular flexibility index (Phi) is 3.08. The molecule has 19 heavy (non-hydrogen) atoms. The van der Waals surface area contributed by atoms with Gasteiger partial charge < -0.3 is 10.6 Å². The highest BCUT2D eigenvalue weighted by atomic mass is 127. The molecule has 0 fully saturated rings. The molecule has 5 heteroatoms. The molecule has 0 bridgehead atoms. The van der Waals surface area contributed by atoms with Gasteiger partial charge in [-0.3, -0.25) is 4.79 Å². The number of halogens is 1. The van der Waals surface area contributed by atoms with Crippen LogP contribution in [0.25, 0.3) is 10.9 Å². The van der Waals surface area contributed by atoms with Crippen LogP contribution in [0.5, 0.6) is 0 Å². The summed E-state index contributed by atoms with van der Waals surface area (Å²) in [6.07, 6.45) is 0.941. The van der Waals surface area contributed by atoms with Crippen LogP contribution in [0.15, 0.2) is 18.2 Å². The Morgan fingerprint density at radius 3 is 3.00 bits per heavy atom. The van der Waals surface area contributed by atoms with Gasteiger partial charge in [0.15, 0.2) is 0 Å². The monoisotopic (exact) mass is 367 g/mol. The zero-order valence-electron chi connectivity index (χ0n) is 10.6. The van der Waals surface area contributed by atoms with Crippen molar-refractivity contribution in [1.29, 1.82) is 0 Å². The lowest BCUT2D eigenvalue weighted by molar-refractivity contribution is 0.0779. The Labute approximate surface area is 125 Å². The SMILES string of the molecule is CCCN1Cc2nc3c(I)cccc3c(N)c2C1=O. The van der Waals surface area contributed by atoms with Gasteiger partial charge in [-0.2, -0.15) is 0 Å². The van der Waals surface area contributed by atoms with Crippen LogP contribution in [-0.2, 0) is 6.54 Å². The third kappa shape index (κ3) is 1.87. The van der Waals surface area contributed by atoms with Crippen LogP contribution >= 0.6 is 22.6 Å². The van der Waals surface area contributed by atoms with Gasteiger partial charge in [0.25, 0.3) is 5.91 Å². The zero-order chi connectivity index (χ0) is 13.6. The number of aromatic nitrogens is 1. The molecule has 98 valence electrons. The molecule has 2 heterocycles. The summed E-state index contributed by atoms with van der Waals surface area (Å²) in [5.74, 6) is 0.0163. The third-order valence-electron chi connectivity index (χ3n) is 3.42. The molecule has 1 amide bonds. The zero-order valence-corrected chi connectivity index (χ0v) is 12.8. The van der Waals surface area contributed by atoms with Crippen molar-refractivity contribution in [3.63, 3.8) is 0 Å². The van der Waals surface area contributed by atoms with Crippen LogP contribution in [0.3, 0.4) is 0 Å². The van der Waals surface area contributed by atoms with Crippen LogP contribution in [0.4, 0.5) is 5.69 Å². The van der Waals surface area contributed by atoms with E-state index in [1.54, 1.807) is 0 Å². The van der Waals surface area contributed by atoms with Crippen molar-refractivity contribution in [2.24, 2.45) is 0 Å². The minimum Gasteiger partial charge on any atom is -0.397 e. The minimum absolute atomic E-state index is 0.0163. The van der Waals surface area contributed by atoms with Crippen molar-refractivity contribution in [1.82, 2.24) is 9.88 Å². The molecule has 0 saturated heterocycles. The number of carbonyl (C=O) groups is 1. The van der Waals surface area contributed by atoms with Gasteiger partial charge in [0.2, 0.25) is 0 Å². The van der Waals surface area contributed by atoms with E-state index in [2.05, 4.69) is 34.5 Å². The molecule has 0 spiro atoms. The minimum atomic E-state index is 0.0163. The third-order valence-corrected chi connectivity index (χ3v) is 4.29. The number of fused-ring (bicyclic) bond motifs is 2. The second-order valence-electron chi connectivity index (χ2n) is 4.71. The van der Waals surface area contributed by atoms with E-state index in [-0.39, 0.29) is 5.91 Å². The standard InChI is InChI=1S/C14H14IN3O/c1-2-6-18-7-10-11(14(18)19)12(16)8-4-3-5-9(15)13(8)17-10/h3-5H,2,6-7H2,1H3,(H2,16,17). The molecule has 0 unspecified atom stereocenters. The second kappa shape index (κ2) is 4.63. The smallest absolute Gasteiger partial charge is 0.258 e. The largest absolute Gasteiger partial charge is 0.397 e. The van der Waals surface area contributed by atoms with Crippen LogP contribution in [-0.4, -0.2) is 22.3 Å². The number of benzene rings is 1. The Morgan fingerprint density at radius 2 is 2.26 bits per heavy atom. The lowest BCUT2D eigenvalue weighted by Crippen LogP contribution is -2.24. The number of hydrogen-bond donors (Lipinski definition) is 1. The van der Waals surface area contributed by atoms with Gasteiger partial charge >= 0.3 is 0 Å². The van der Waals surface area contributed by atoms with Gasteiger partial charge in [0.05, 0.1) is 29.0 Å². The maximum absolute atomic E-state index is 12.3. The molecule has 0 atom stereocenters. The summed E-state index contributed by atoms with van der Waals surface area (Å²) in [6.45, 7) is 3.39. The molecule has 1 aliphatic heterocycles. The summed E-state index contributed by atoms with van der Waals surface area (Å²) in [6, 6.07) is 5.87. The summed E-state index contributed by atoms with van der Waals surface area (Å²) in [5.41, 5.74) is 9.08. The second-order valence-corrected chi connectivity index (χ2v) is 5.87. The maximum Gasteiger partial charge on any atom is 0.258 e. The summed E-state index contributed by atoms with van der Waals surface area (Å²) in [5, 5.41) is 0.873. The van der Waals surface area contributed by atoms with Crippen molar-refractivity contribution < 1.29 is 4.79 Å². The molecule has 2 N–H and O–H groups in total. The molecule has 1 aromatic carbocycles. The van der Waals surface area contributed by atoms with Gasteiger partial charge in [-0.1, -0.05) is 19.1 Å². The molecule has 4 nitrogen and oxygen atoms in total. The predicted molar refractivity (Wildman–Crippen MR) is 83.9 cm³/mol. The van der Waals surface area contributed by atoms with Crippen molar-refractivity contribution in [2.75, 3.05) is 12.3 Å². The Hall–Kier alpha value is -1.37.